The highest BCUT2D eigenvalue weighted by molar-refractivity contribution is 6.30. The van der Waals surface area contributed by atoms with Gasteiger partial charge in [0.2, 0.25) is 0 Å². The van der Waals surface area contributed by atoms with Crippen LogP contribution < -0.4 is 10.6 Å². The van der Waals surface area contributed by atoms with E-state index < -0.39 is 0 Å². The summed E-state index contributed by atoms with van der Waals surface area (Å²) in [6.45, 7) is 2.52. The van der Waals surface area contributed by atoms with Crippen molar-refractivity contribution in [1.82, 2.24) is 10.3 Å². The average molecular weight is 352 g/mol. The Morgan fingerprint density at radius 2 is 1.80 bits per heavy atom. The van der Waals surface area contributed by atoms with Gasteiger partial charge in [0.1, 0.15) is 5.82 Å². The maximum absolute atomic E-state index is 12.3. The van der Waals surface area contributed by atoms with Gasteiger partial charge in [-0.2, -0.15) is 0 Å². The Labute approximate surface area is 151 Å². The first-order valence-corrected chi connectivity index (χ1v) is 8.31. The summed E-state index contributed by atoms with van der Waals surface area (Å²) in [5, 5.41) is 6.76. The minimum atomic E-state index is -0.145. The van der Waals surface area contributed by atoms with Crippen molar-refractivity contribution >= 4 is 29.0 Å². The van der Waals surface area contributed by atoms with Gasteiger partial charge in [-0.3, -0.25) is 4.79 Å². The first-order chi connectivity index (χ1) is 12.1. The van der Waals surface area contributed by atoms with Gasteiger partial charge in [-0.1, -0.05) is 35.9 Å². The van der Waals surface area contributed by atoms with Crippen LogP contribution in [-0.4, -0.2) is 10.9 Å². The number of rotatable bonds is 5. The minimum absolute atomic E-state index is 0.145. The van der Waals surface area contributed by atoms with E-state index in [1.165, 1.54) is 0 Å². The standard InChI is InChI=1S/C20H18ClN3O/c1-14-4-2-3-5-15(14)12-23-20(25)16-6-11-19(22-13-16)24-18-9-7-17(21)8-10-18/h2-11,13H,12H2,1H3,(H,22,24)(H,23,25). The Kier molecular flexibility index (Phi) is 5.31. The Morgan fingerprint density at radius 3 is 2.48 bits per heavy atom. The minimum Gasteiger partial charge on any atom is -0.348 e. The van der Waals surface area contributed by atoms with Crippen molar-refractivity contribution in [1.29, 1.82) is 0 Å². The molecule has 0 aliphatic rings. The quantitative estimate of drug-likeness (QED) is 0.699. The van der Waals surface area contributed by atoms with E-state index in [0.29, 0.717) is 22.9 Å². The van der Waals surface area contributed by atoms with Gasteiger partial charge in [-0.05, 0) is 54.4 Å². The summed E-state index contributed by atoms with van der Waals surface area (Å²) in [6, 6.07) is 18.8. The SMILES string of the molecule is Cc1ccccc1CNC(=O)c1ccc(Nc2ccc(Cl)cc2)nc1. The number of hydrogen-bond acceptors (Lipinski definition) is 3. The summed E-state index contributed by atoms with van der Waals surface area (Å²) in [4.78, 5) is 16.5. The van der Waals surface area contributed by atoms with E-state index in [2.05, 4.69) is 15.6 Å². The van der Waals surface area contributed by atoms with Gasteiger partial charge in [-0.15, -0.1) is 0 Å². The third-order valence-electron chi connectivity index (χ3n) is 3.84. The summed E-state index contributed by atoms with van der Waals surface area (Å²) in [5.41, 5.74) is 3.66. The van der Waals surface area contributed by atoms with Crippen molar-refractivity contribution in [2.45, 2.75) is 13.5 Å². The summed E-state index contributed by atoms with van der Waals surface area (Å²) in [5.74, 6) is 0.520. The number of amides is 1. The molecule has 0 bridgehead atoms. The van der Waals surface area contributed by atoms with Crippen LogP contribution >= 0.6 is 11.6 Å². The summed E-state index contributed by atoms with van der Waals surface area (Å²) in [6.07, 6.45) is 1.56. The molecule has 126 valence electrons. The van der Waals surface area contributed by atoms with Gasteiger partial charge in [0.25, 0.3) is 5.91 Å². The summed E-state index contributed by atoms with van der Waals surface area (Å²) >= 11 is 5.87. The third-order valence-corrected chi connectivity index (χ3v) is 4.09. The van der Waals surface area contributed by atoms with Crippen LogP contribution in [0.4, 0.5) is 11.5 Å². The Bertz CT molecular complexity index is 861. The molecule has 1 heterocycles. The lowest BCUT2D eigenvalue weighted by atomic mass is 10.1. The number of anilines is 2. The fourth-order valence-electron chi connectivity index (χ4n) is 2.37. The number of benzene rings is 2. The number of carbonyl (C=O) groups excluding carboxylic acids is 1. The molecule has 2 aromatic carbocycles. The van der Waals surface area contributed by atoms with Gasteiger partial charge in [0.15, 0.2) is 0 Å². The number of pyridine rings is 1. The van der Waals surface area contributed by atoms with Crippen LogP contribution in [0, 0.1) is 6.92 Å². The second kappa shape index (κ2) is 7.81. The van der Waals surface area contributed by atoms with Crippen LogP contribution in [0.1, 0.15) is 21.5 Å². The maximum Gasteiger partial charge on any atom is 0.253 e. The van der Waals surface area contributed by atoms with Gasteiger partial charge in [-0.25, -0.2) is 4.98 Å². The van der Waals surface area contributed by atoms with Gasteiger partial charge < -0.3 is 10.6 Å². The lowest BCUT2D eigenvalue weighted by Gasteiger charge is -2.09. The van der Waals surface area contributed by atoms with Crippen LogP contribution in [0.5, 0.6) is 0 Å². The lowest BCUT2D eigenvalue weighted by Crippen LogP contribution is -2.23. The van der Waals surface area contributed by atoms with Crippen molar-refractivity contribution < 1.29 is 4.79 Å². The van der Waals surface area contributed by atoms with Crippen molar-refractivity contribution in [3.8, 4) is 0 Å². The molecule has 3 aromatic rings. The predicted octanol–water partition coefficient (Wildman–Crippen LogP) is 4.72. The molecule has 3 rings (SSSR count). The molecule has 2 N–H and O–H groups in total. The number of halogens is 1. The Balaban J connectivity index is 1.60. The number of nitrogens with one attached hydrogen (secondary N) is 2. The molecule has 0 saturated carbocycles. The van der Waals surface area contributed by atoms with E-state index in [0.717, 1.165) is 16.8 Å². The zero-order valence-electron chi connectivity index (χ0n) is 13.8. The number of hydrogen-bond donors (Lipinski definition) is 2. The molecule has 1 aromatic heterocycles. The molecule has 0 radical (unpaired) electrons. The molecule has 1 amide bonds. The molecule has 0 unspecified atom stereocenters. The molecule has 0 spiro atoms. The second-order valence-corrected chi connectivity index (χ2v) is 6.11. The molecule has 0 aliphatic carbocycles. The van der Waals surface area contributed by atoms with E-state index in [1.807, 2.05) is 43.3 Å². The average Bonchev–Trinajstić information content (AvgIpc) is 2.63. The van der Waals surface area contributed by atoms with Crippen LogP contribution in [-0.2, 0) is 6.54 Å². The Hall–Kier alpha value is -2.85. The fraction of sp³-hybridized carbons (Fsp3) is 0.100. The second-order valence-electron chi connectivity index (χ2n) is 5.67. The van der Waals surface area contributed by atoms with Gasteiger partial charge in [0.05, 0.1) is 5.56 Å². The van der Waals surface area contributed by atoms with Crippen molar-refractivity contribution in [3.05, 3.63) is 88.6 Å². The highest BCUT2D eigenvalue weighted by atomic mass is 35.5. The van der Waals surface area contributed by atoms with Crippen LogP contribution in [0.25, 0.3) is 0 Å². The smallest absolute Gasteiger partial charge is 0.253 e. The van der Waals surface area contributed by atoms with Crippen molar-refractivity contribution in [2.24, 2.45) is 0 Å². The van der Waals surface area contributed by atoms with Crippen LogP contribution in [0.2, 0.25) is 5.02 Å². The molecule has 25 heavy (non-hydrogen) atoms. The van der Waals surface area contributed by atoms with E-state index in [-0.39, 0.29) is 5.91 Å². The largest absolute Gasteiger partial charge is 0.348 e. The maximum atomic E-state index is 12.3. The lowest BCUT2D eigenvalue weighted by molar-refractivity contribution is 0.0950. The topological polar surface area (TPSA) is 54.0 Å². The Morgan fingerprint density at radius 1 is 1.04 bits per heavy atom. The molecule has 0 atom stereocenters. The fourth-order valence-corrected chi connectivity index (χ4v) is 2.50. The van der Waals surface area contributed by atoms with E-state index in [9.17, 15) is 4.79 Å². The van der Waals surface area contributed by atoms with E-state index in [1.54, 1.807) is 30.5 Å². The molecule has 4 nitrogen and oxygen atoms in total. The van der Waals surface area contributed by atoms with Gasteiger partial charge >= 0.3 is 0 Å². The highest BCUT2D eigenvalue weighted by Crippen LogP contribution is 2.17. The molecular formula is C20H18ClN3O. The van der Waals surface area contributed by atoms with Crippen molar-refractivity contribution in [3.63, 3.8) is 0 Å². The van der Waals surface area contributed by atoms with Crippen molar-refractivity contribution in [2.75, 3.05) is 5.32 Å². The molecule has 0 aliphatic heterocycles. The first-order valence-electron chi connectivity index (χ1n) is 7.93. The third kappa shape index (κ3) is 4.58. The zero-order chi connectivity index (χ0) is 17.6. The monoisotopic (exact) mass is 351 g/mol. The van der Waals surface area contributed by atoms with E-state index in [4.69, 9.17) is 11.6 Å². The molecular weight excluding hydrogens is 334 g/mol. The van der Waals surface area contributed by atoms with Crippen LogP contribution in [0.15, 0.2) is 66.9 Å². The molecule has 5 heteroatoms. The normalized spacial score (nSPS) is 10.3. The van der Waals surface area contributed by atoms with Gasteiger partial charge in [0, 0.05) is 23.5 Å². The number of aryl methyl sites for hydroxylation is 1. The predicted molar refractivity (Wildman–Crippen MR) is 101 cm³/mol. The first kappa shape index (κ1) is 17.0. The summed E-state index contributed by atoms with van der Waals surface area (Å²) in [7, 11) is 0. The van der Waals surface area contributed by atoms with E-state index >= 15 is 0 Å². The summed E-state index contributed by atoms with van der Waals surface area (Å²) < 4.78 is 0. The number of nitrogens with zero attached hydrogens (tertiary/aromatic N) is 1. The molecule has 0 saturated heterocycles. The molecule has 0 fully saturated rings. The number of carbonyl (C=O) groups is 1. The number of aromatic nitrogens is 1. The highest BCUT2D eigenvalue weighted by Gasteiger charge is 2.07. The zero-order valence-corrected chi connectivity index (χ0v) is 14.5. The van der Waals surface area contributed by atoms with Crippen LogP contribution in [0.3, 0.4) is 0 Å².